The van der Waals surface area contributed by atoms with Crippen LogP contribution >= 0.6 is 0 Å². The predicted octanol–water partition coefficient (Wildman–Crippen LogP) is 0.981. The number of carbonyl (C=O) groups is 3. The molecule has 190 valence electrons. The summed E-state index contributed by atoms with van der Waals surface area (Å²) in [6.45, 7) is 10.2. The van der Waals surface area contributed by atoms with Gasteiger partial charge in [0.25, 0.3) is 5.91 Å². The van der Waals surface area contributed by atoms with Gasteiger partial charge in [0.1, 0.15) is 17.5 Å². The van der Waals surface area contributed by atoms with Crippen LogP contribution in [-0.4, -0.2) is 77.3 Å². The van der Waals surface area contributed by atoms with E-state index in [2.05, 4.69) is 10.6 Å². The number of ether oxygens (including phenoxy) is 1. The Bertz CT molecular complexity index is 998. The molecule has 3 amide bonds. The number of hydrogen-bond acceptors (Lipinski definition) is 7. The minimum absolute atomic E-state index is 0.0758. The molecule has 3 N–H and O–H groups in total. The molecule has 11 heteroatoms. The highest BCUT2D eigenvalue weighted by Crippen LogP contribution is 2.20. The molecule has 1 saturated heterocycles. The lowest BCUT2D eigenvalue weighted by Crippen LogP contribution is -2.57. The maximum atomic E-state index is 13.3. The average molecular weight is 498 g/mol. The molecule has 1 fully saturated rings. The van der Waals surface area contributed by atoms with Crippen molar-refractivity contribution in [1.29, 1.82) is 0 Å². The molecule has 1 aromatic rings. The summed E-state index contributed by atoms with van der Waals surface area (Å²) < 4.78 is 29.9. The van der Waals surface area contributed by atoms with Crippen molar-refractivity contribution >= 4 is 27.7 Å². The second-order valence-corrected chi connectivity index (χ2v) is 12.6. The number of amides is 3. The largest absolute Gasteiger partial charge is 0.444 e. The lowest BCUT2D eigenvalue weighted by Gasteiger charge is -2.31. The quantitative estimate of drug-likeness (QED) is 0.532. The molecule has 2 rings (SSSR count). The van der Waals surface area contributed by atoms with Gasteiger partial charge in [0.15, 0.2) is 15.9 Å². The number of aliphatic hydroxyl groups is 1. The number of nitrogens with zero attached hydrogens (tertiary/aromatic N) is 1. The molecule has 0 saturated carbocycles. The van der Waals surface area contributed by atoms with Crippen LogP contribution in [-0.2, 0) is 30.6 Å². The molecule has 1 aliphatic heterocycles. The van der Waals surface area contributed by atoms with Crippen LogP contribution < -0.4 is 10.6 Å². The zero-order valence-corrected chi connectivity index (χ0v) is 21.3. The lowest BCUT2D eigenvalue weighted by molar-refractivity contribution is -0.146. The van der Waals surface area contributed by atoms with Gasteiger partial charge in [-0.1, -0.05) is 30.3 Å². The summed E-state index contributed by atoms with van der Waals surface area (Å²) in [7, 11) is -3.73. The lowest BCUT2D eigenvalue weighted by atomic mass is 10.00. The first kappa shape index (κ1) is 27.6. The summed E-state index contributed by atoms with van der Waals surface area (Å²) in [5.41, 5.74) is -0.730. The van der Waals surface area contributed by atoms with Crippen LogP contribution in [0.1, 0.15) is 47.1 Å². The van der Waals surface area contributed by atoms with Crippen molar-refractivity contribution in [2.45, 2.75) is 77.3 Å². The van der Waals surface area contributed by atoms with Crippen LogP contribution in [0, 0.1) is 0 Å². The fraction of sp³-hybridized carbons (Fsp3) is 0.609. The first-order valence-electron chi connectivity index (χ1n) is 11.0. The average Bonchev–Trinajstić information content (AvgIpc) is 3.00. The minimum Gasteiger partial charge on any atom is -0.444 e. The Morgan fingerprint density at radius 2 is 1.71 bits per heavy atom. The second-order valence-electron chi connectivity index (χ2n) is 10.5. The van der Waals surface area contributed by atoms with Crippen LogP contribution in [0.25, 0.3) is 0 Å². The number of sulfone groups is 1. The molecule has 0 unspecified atom stereocenters. The van der Waals surface area contributed by atoms with Gasteiger partial charge in [0.2, 0.25) is 5.91 Å². The van der Waals surface area contributed by atoms with Gasteiger partial charge in [-0.05, 0) is 53.5 Å². The first-order valence-corrected chi connectivity index (χ1v) is 12.8. The Morgan fingerprint density at radius 3 is 2.24 bits per heavy atom. The fourth-order valence-corrected chi connectivity index (χ4v) is 5.13. The molecular formula is C23H35N3O7S. The van der Waals surface area contributed by atoms with Crippen molar-refractivity contribution in [1.82, 2.24) is 15.5 Å². The number of carbonyl (C=O) groups excluding carboxylic acids is 3. The fourth-order valence-electron chi connectivity index (χ4n) is 3.48. The monoisotopic (exact) mass is 497 g/mol. The Labute approximate surface area is 201 Å². The van der Waals surface area contributed by atoms with Crippen molar-refractivity contribution in [3.8, 4) is 0 Å². The van der Waals surface area contributed by atoms with Gasteiger partial charge in [0, 0.05) is 5.54 Å². The minimum atomic E-state index is -3.73. The third kappa shape index (κ3) is 8.28. The molecule has 0 aromatic heterocycles. The molecule has 0 spiro atoms. The summed E-state index contributed by atoms with van der Waals surface area (Å²) in [6.07, 6.45) is -2.57. The van der Waals surface area contributed by atoms with Gasteiger partial charge in [-0.3, -0.25) is 9.59 Å². The Balaban J connectivity index is 2.30. The van der Waals surface area contributed by atoms with Gasteiger partial charge in [-0.25, -0.2) is 13.2 Å². The van der Waals surface area contributed by atoms with Crippen LogP contribution in [0.3, 0.4) is 0 Å². The van der Waals surface area contributed by atoms with Gasteiger partial charge in [-0.15, -0.1) is 0 Å². The smallest absolute Gasteiger partial charge is 0.407 e. The number of aliphatic hydroxyl groups excluding tert-OH is 1. The molecule has 1 aliphatic rings. The van der Waals surface area contributed by atoms with E-state index in [0.29, 0.717) is 0 Å². The highest BCUT2D eigenvalue weighted by molar-refractivity contribution is 7.91. The van der Waals surface area contributed by atoms with Crippen LogP contribution in [0.5, 0.6) is 0 Å². The third-order valence-electron chi connectivity index (χ3n) is 4.84. The van der Waals surface area contributed by atoms with E-state index < -0.39 is 68.7 Å². The summed E-state index contributed by atoms with van der Waals surface area (Å²) in [6, 6.07) is 6.46. The van der Waals surface area contributed by atoms with E-state index in [1.54, 1.807) is 71.9 Å². The first-order chi connectivity index (χ1) is 15.5. The van der Waals surface area contributed by atoms with E-state index in [0.717, 1.165) is 10.5 Å². The zero-order valence-electron chi connectivity index (χ0n) is 20.5. The maximum absolute atomic E-state index is 13.3. The molecule has 0 aliphatic carbocycles. The number of benzene rings is 1. The van der Waals surface area contributed by atoms with E-state index in [4.69, 9.17) is 4.74 Å². The molecule has 1 aromatic carbocycles. The number of hydrogen-bond donors (Lipinski definition) is 3. The van der Waals surface area contributed by atoms with Gasteiger partial charge in [0.05, 0.1) is 11.8 Å². The van der Waals surface area contributed by atoms with Crippen molar-refractivity contribution in [2.24, 2.45) is 0 Å². The van der Waals surface area contributed by atoms with Crippen molar-refractivity contribution < 1.29 is 32.6 Å². The highest BCUT2D eigenvalue weighted by Gasteiger charge is 2.46. The Kier molecular flexibility index (Phi) is 8.36. The predicted molar refractivity (Wildman–Crippen MR) is 126 cm³/mol. The normalized spacial score (nSPS) is 19.7. The van der Waals surface area contributed by atoms with Gasteiger partial charge >= 0.3 is 6.09 Å². The Hall–Kier alpha value is -2.66. The summed E-state index contributed by atoms with van der Waals surface area (Å²) in [4.78, 5) is 39.3. The van der Waals surface area contributed by atoms with Crippen molar-refractivity contribution in [3.63, 3.8) is 0 Å². The zero-order chi connectivity index (χ0) is 25.9. The topological polar surface area (TPSA) is 142 Å². The van der Waals surface area contributed by atoms with Gasteiger partial charge < -0.3 is 25.4 Å². The van der Waals surface area contributed by atoms with Crippen LogP contribution in [0.4, 0.5) is 4.79 Å². The molecule has 34 heavy (non-hydrogen) atoms. The summed E-state index contributed by atoms with van der Waals surface area (Å²) in [5.74, 6) is -2.84. The van der Waals surface area contributed by atoms with E-state index >= 15 is 0 Å². The summed E-state index contributed by atoms with van der Waals surface area (Å²) in [5, 5.41) is 16.2. The van der Waals surface area contributed by atoms with E-state index in [1.807, 2.05) is 0 Å². The molecule has 0 radical (unpaired) electrons. The van der Waals surface area contributed by atoms with E-state index in [9.17, 15) is 27.9 Å². The molecular weight excluding hydrogens is 462 g/mol. The standard InChI is InChI=1S/C23H35N3O7S/c1-22(2,3)25-19(28)17-13-34(31,32)14-26(17)20(29)18(27)16(12-15-10-8-7-9-11-15)24-21(30)33-23(4,5)6/h7-11,16-18,27H,12-14H2,1-6H3,(H,24,30)(H,25,28)/t16-,17-,18-/m0/s1. The number of nitrogens with one attached hydrogen (secondary N) is 2. The van der Waals surface area contributed by atoms with Crippen molar-refractivity contribution in [2.75, 3.05) is 11.6 Å². The molecule has 0 bridgehead atoms. The molecule has 3 atom stereocenters. The molecule has 10 nitrogen and oxygen atoms in total. The van der Waals surface area contributed by atoms with Crippen LogP contribution in [0.2, 0.25) is 0 Å². The number of rotatable bonds is 6. The van der Waals surface area contributed by atoms with E-state index in [-0.39, 0.29) is 6.42 Å². The third-order valence-corrected chi connectivity index (χ3v) is 6.34. The highest BCUT2D eigenvalue weighted by atomic mass is 32.2. The second kappa shape index (κ2) is 10.3. The Morgan fingerprint density at radius 1 is 1.12 bits per heavy atom. The summed E-state index contributed by atoms with van der Waals surface area (Å²) >= 11 is 0. The van der Waals surface area contributed by atoms with Gasteiger partial charge in [-0.2, -0.15) is 0 Å². The maximum Gasteiger partial charge on any atom is 0.407 e. The van der Waals surface area contributed by atoms with E-state index in [1.165, 1.54) is 0 Å². The number of alkyl carbamates (subject to hydrolysis) is 1. The van der Waals surface area contributed by atoms with Crippen LogP contribution in [0.15, 0.2) is 30.3 Å². The SMILES string of the molecule is CC(C)(C)NC(=O)[C@@H]1CS(=O)(=O)CN1C(=O)[C@@H](O)[C@H](Cc1ccccc1)NC(=O)OC(C)(C)C. The van der Waals surface area contributed by atoms with Crippen molar-refractivity contribution in [3.05, 3.63) is 35.9 Å². The molecule has 1 heterocycles.